The summed E-state index contributed by atoms with van der Waals surface area (Å²) in [7, 11) is -3.65. The molecule has 0 saturated carbocycles. The molecule has 1 aliphatic heterocycles. The number of ether oxygens (including phenoxy) is 1. The number of likely N-dealkylation sites (tertiary alicyclic amines) is 1. The Morgan fingerprint density at radius 2 is 1.84 bits per heavy atom. The van der Waals surface area contributed by atoms with E-state index in [4.69, 9.17) is 4.74 Å². The number of sulfone groups is 1. The van der Waals surface area contributed by atoms with Gasteiger partial charge in [-0.1, -0.05) is 6.07 Å². The van der Waals surface area contributed by atoms with Crippen LogP contribution < -0.4 is 5.32 Å². The lowest BCUT2D eigenvalue weighted by atomic mass is 10.0. The number of carbonyl (C=O) groups excluding carboxylic acids is 2. The maximum atomic E-state index is 13.4. The second kappa shape index (κ2) is 8.90. The highest BCUT2D eigenvalue weighted by atomic mass is 32.2. The molecule has 0 aromatic heterocycles. The SMILES string of the molecule is Cc1cc(NC(=O)c2cccc(S(=O)(=O)CC3CN(C(=O)OC(C)(C)C)C3)c2)ccc1F. The van der Waals surface area contributed by atoms with Gasteiger partial charge in [0, 0.05) is 30.3 Å². The molecule has 7 nitrogen and oxygen atoms in total. The smallest absolute Gasteiger partial charge is 0.410 e. The van der Waals surface area contributed by atoms with Gasteiger partial charge in [0.15, 0.2) is 9.84 Å². The highest BCUT2D eigenvalue weighted by molar-refractivity contribution is 7.91. The molecule has 2 aromatic rings. The Labute approximate surface area is 187 Å². The van der Waals surface area contributed by atoms with Gasteiger partial charge in [-0.05, 0) is 69.7 Å². The topological polar surface area (TPSA) is 92.8 Å². The van der Waals surface area contributed by atoms with E-state index < -0.39 is 27.4 Å². The average molecular weight is 463 g/mol. The van der Waals surface area contributed by atoms with Crippen molar-refractivity contribution in [2.24, 2.45) is 5.92 Å². The van der Waals surface area contributed by atoms with Crippen molar-refractivity contribution in [3.63, 3.8) is 0 Å². The second-order valence-corrected chi connectivity index (χ2v) is 11.0. The first kappa shape index (κ1) is 23.7. The molecule has 1 aliphatic rings. The largest absolute Gasteiger partial charge is 0.444 e. The zero-order chi connectivity index (χ0) is 23.7. The Bertz CT molecular complexity index is 1140. The van der Waals surface area contributed by atoms with Gasteiger partial charge in [-0.15, -0.1) is 0 Å². The molecule has 1 fully saturated rings. The quantitative estimate of drug-likeness (QED) is 0.724. The lowest BCUT2D eigenvalue weighted by Crippen LogP contribution is -2.53. The fourth-order valence-electron chi connectivity index (χ4n) is 3.31. The van der Waals surface area contributed by atoms with Crippen LogP contribution in [0.3, 0.4) is 0 Å². The molecule has 32 heavy (non-hydrogen) atoms. The molecule has 0 spiro atoms. The summed E-state index contributed by atoms with van der Waals surface area (Å²) in [4.78, 5) is 26.1. The summed E-state index contributed by atoms with van der Waals surface area (Å²) >= 11 is 0. The normalized spacial score (nSPS) is 14.6. The minimum Gasteiger partial charge on any atom is -0.444 e. The predicted molar refractivity (Wildman–Crippen MR) is 119 cm³/mol. The summed E-state index contributed by atoms with van der Waals surface area (Å²) in [5, 5.41) is 2.65. The number of hydrogen-bond acceptors (Lipinski definition) is 5. The number of halogens is 1. The van der Waals surface area contributed by atoms with Crippen LogP contribution >= 0.6 is 0 Å². The molecule has 3 rings (SSSR count). The number of amides is 2. The number of anilines is 1. The van der Waals surface area contributed by atoms with Crippen molar-refractivity contribution in [2.45, 2.75) is 38.2 Å². The average Bonchev–Trinajstić information content (AvgIpc) is 2.66. The van der Waals surface area contributed by atoms with Crippen LogP contribution in [-0.4, -0.2) is 49.8 Å². The van der Waals surface area contributed by atoms with Gasteiger partial charge in [0.25, 0.3) is 5.91 Å². The molecular weight excluding hydrogens is 435 g/mol. The Morgan fingerprint density at radius 3 is 2.47 bits per heavy atom. The minimum absolute atomic E-state index is 0.0381. The lowest BCUT2D eigenvalue weighted by Gasteiger charge is -2.39. The van der Waals surface area contributed by atoms with Crippen LogP contribution in [0.15, 0.2) is 47.4 Å². The highest BCUT2D eigenvalue weighted by Crippen LogP contribution is 2.24. The molecule has 172 valence electrons. The molecule has 0 radical (unpaired) electrons. The standard InChI is InChI=1S/C23H27FN2O5S/c1-15-10-18(8-9-20(15)24)25-21(27)17-6-5-7-19(11-17)32(29,30)14-16-12-26(13-16)22(28)31-23(2,3)4/h5-11,16H,12-14H2,1-4H3,(H,25,27). The van der Waals surface area contributed by atoms with Crippen LogP contribution in [0, 0.1) is 18.7 Å². The fourth-order valence-corrected chi connectivity index (χ4v) is 4.93. The van der Waals surface area contributed by atoms with Crippen molar-refractivity contribution in [1.29, 1.82) is 0 Å². The van der Waals surface area contributed by atoms with E-state index in [9.17, 15) is 22.4 Å². The molecule has 2 aromatic carbocycles. The number of aryl methyl sites for hydroxylation is 1. The number of benzene rings is 2. The van der Waals surface area contributed by atoms with Crippen molar-refractivity contribution in [1.82, 2.24) is 4.90 Å². The third kappa shape index (κ3) is 5.85. The maximum Gasteiger partial charge on any atom is 0.410 e. The van der Waals surface area contributed by atoms with Crippen LogP contribution in [0.1, 0.15) is 36.7 Å². The molecule has 1 heterocycles. The van der Waals surface area contributed by atoms with Crippen molar-refractivity contribution in [2.75, 3.05) is 24.2 Å². The third-order valence-corrected chi connectivity index (χ3v) is 6.82. The monoisotopic (exact) mass is 462 g/mol. The van der Waals surface area contributed by atoms with Gasteiger partial charge in [-0.3, -0.25) is 4.79 Å². The zero-order valence-corrected chi connectivity index (χ0v) is 19.3. The number of hydrogen-bond donors (Lipinski definition) is 1. The molecular formula is C23H27FN2O5S. The van der Waals surface area contributed by atoms with Gasteiger partial charge in [-0.25, -0.2) is 17.6 Å². The van der Waals surface area contributed by atoms with Crippen molar-refractivity contribution < 1.29 is 27.1 Å². The molecule has 0 unspecified atom stereocenters. The Morgan fingerprint density at radius 1 is 1.16 bits per heavy atom. The van der Waals surface area contributed by atoms with Crippen LogP contribution in [0.25, 0.3) is 0 Å². The van der Waals surface area contributed by atoms with E-state index >= 15 is 0 Å². The van der Waals surface area contributed by atoms with Gasteiger partial charge < -0.3 is 15.0 Å². The molecule has 0 aliphatic carbocycles. The van der Waals surface area contributed by atoms with E-state index in [1.165, 1.54) is 47.4 Å². The minimum atomic E-state index is -3.65. The Balaban J connectivity index is 1.63. The van der Waals surface area contributed by atoms with E-state index in [2.05, 4.69) is 5.32 Å². The summed E-state index contributed by atoms with van der Waals surface area (Å²) in [6.45, 7) is 7.51. The second-order valence-electron chi connectivity index (χ2n) is 8.98. The van der Waals surface area contributed by atoms with Crippen molar-refractivity contribution in [3.8, 4) is 0 Å². The van der Waals surface area contributed by atoms with Crippen molar-refractivity contribution >= 4 is 27.5 Å². The van der Waals surface area contributed by atoms with Crippen LogP contribution in [0.5, 0.6) is 0 Å². The summed E-state index contributed by atoms with van der Waals surface area (Å²) in [5.41, 5.74) is 0.373. The molecule has 9 heteroatoms. The number of carbonyl (C=O) groups is 2. The Kier molecular flexibility index (Phi) is 6.59. The van der Waals surface area contributed by atoms with Crippen LogP contribution in [0.4, 0.5) is 14.9 Å². The molecule has 1 saturated heterocycles. The van der Waals surface area contributed by atoms with E-state index in [-0.39, 0.29) is 27.9 Å². The third-order valence-electron chi connectivity index (χ3n) is 4.94. The molecule has 0 atom stereocenters. The molecule has 0 bridgehead atoms. The summed E-state index contributed by atoms with van der Waals surface area (Å²) in [6.07, 6.45) is -0.458. The van der Waals surface area contributed by atoms with Gasteiger partial charge in [-0.2, -0.15) is 0 Å². The van der Waals surface area contributed by atoms with E-state index in [0.717, 1.165) is 0 Å². The summed E-state index contributed by atoms with van der Waals surface area (Å²) in [6, 6.07) is 9.98. The lowest BCUT2D eigenvalue weighted by molar-refractivity contribution is 0.00190. The zero-order valence-electron chi connectivity index (χ0n) is 18.5. The number of nitrogens with one attached hydrogen (secondary N) is 1. The van der Waals surface area contributed by atoms with E-state index in [0.29, 0.717) is 24.3 Å². The Hall–Kier alpha value is -2.94. The summed E-state index contributed by atoms with van der Waals surface area (Å²) in [5.74, 6) is -1.20. The summed E-state index contributed by atoms with van der Waals surface area (Å²) < 4.78 is 44.4. The van der Waals surface area contributed by atoms with E-state index in [1.54, 1.807) is 27.7 Å². The van der Waals surface area contributed by atoms with Gasteiger partial charge >= 0.3 is 6.09 Å². The van der Waals surface area contributed by atoms with Gasteiger partial charge in [0.05, 0.1) is 10.6 Å². The molecule has 1 N–H and O–H groups in total. The van der Waals surface area contributed by atoms with Crippen LogP contribution in [-0.2, 0) is 14.6 Å². The van der Waals surface area contributed by atoms with Gasteiger partial charge in [0.1, 0.15) is 11.4 Å². The highest BCUT2D eigenvalue weighted by Gasteiger charge is 2.36. The van der Waals surface area contributed by atoms with Crippen LogP contribution in [0.2, 0.25) is 0 Å². The number of rotatable bonds is 5. The first-order chi connectivity index (χ1) is 14.8. The molecule has 2 amide bonds. The van der Waals surface area contributed by atoms with Crippen molar-refractivity contribution in [3.05, 3.63) is 59.4 Å². The van der Waals surface area contributed by atoms with Gasteiger partial charge in [0.2, 0.25) is 0 Å². The first-order valence-corrected chi connectivity index (χ1v) is 11.9. The number of nitrogens with zero attached hydrogens (tertiary/aromatic N) is 1. The predicted octanol–water partition coefficient (Wildman–Crippen LogP) is 4.03. The van der Waals surface area contributed by atoms with E-state index in [1.807, 2.05) is 0 Å². The fraction of sp³-hybridized carbons (Fsp3) is 0.391. The first-order valence-electron chi connectivity index (χ1n) is 10.2. The maximum absolute atomic E-state index is 13.4.